The zero-order chi connectivity index (χ0) is 13.0. The predicted molar refractivity (Wildman–Crippen MR) is 71.8 cm³/mol. The van der Waals surface area contributed by atoms with Gasteiger partial charge in [-0.15, -0.1) is 0 Å². The van der Waals surface area contributed by atoms with Crippen LogP contribution >= 0.6 is 0 Å². The molecular weight excluding hydrogens is 227 g/mol. The average Bonchev–Trinajstić information content (AvgIpc) is 2.28. The molecule has 0 aliphatic heterocycles. The predicted octanol–water partition coefficient (Wildman–Crippen LogP) is 4.31. The number of hydrogen-bond donors (Lipinski definition) is 1. The highest BCUT2D eigenvalue weighted by Crippen LogP contribution is 2.34. The Kier molecular flexibility index (Phi) is 4.18. The van der Waals surface area contributed by atoms with Crippen LogP contribution in [0.5, 0.6) is 0 Å². The summed E-state index contributed by atoms with van der Waals surface area (Å²) in [5.74, 6) is -0.263. The summed E-state index contributed by atoms with van der Waals surface area (Å²) in [6.45, 7) is 1.81. The largest absolute Gasteiger partial charge is 0.381 e. The molecule has 98 valence electrons. The summed E-state index contributed by atoms with van der Waals surface area (Å²) in [7, 11) is 0. The first-order valence-electron chi connectivity index (χ1n) is 6.78. The lowest BCUT2D eigenvalue weighted by Gasteiger charge is -2.28. The second kappa shape index (κ2) is 5.66. The van der Waals surface area contributed by atoms with E-state index in [1.54, 1.807) is 12.1 Å². The van der Waals surface area contributed by atoms with Crippen LogP contribution in [0.15, 0.2) is 35.9 Å². The first kappa shape index (κ1) is 13.3. The fraction of sp³-hybridized carbons (Fsp3) is 0.500. The summed E-state index contributed by atoms with van der Waals surface area (Å²) < 4.78 is 12.9. The van der Waals surface area contributed by atoms with Crippen molar-refractivity contribution >= 4 is 0 Å². The molecule has 1 N–H and O–H groups in total. The first-order chi connectivity index (χ1) is 8.60. The van der Waals surface area contributed by atoms with E-state index < -0.39 is 5.60 Å². The molecule has 1 aromatic rings. The number of rotatable bonds is 2. The van der Waals surface area contributed by atoms with Crippen LogP contribution in [-0.4, -0.2) is 5.11 Å². The monoisotopic (exact) mass is 248 g/mol. The Morgan fingerprint density at radius 3 is 2.44 bits per heavy atom. The third kappa shape index (κ3) is 2.99. The van der Waals surface area contributed by atoms with Gasteiger partial charge in [-0.1, -0.05) is 31.1 Å². The molecule has 0 saturated heterocycles. The molecule has 1 aromatic carbocycles. The van der Waals surface area contributed by atoms with Crippen LogP contribution in [0.4, 0.5) is 4.39 Å². The van der Waals surface area contributed by atoms with Crippen molar-refractivity contribution in [2.45, 2.75) is 51.0 Å². The second-order valence-corrected chi connectivity index (χ2v) is 5.26. The molecule has 0 fully saturated rings. The lowest BCUT2D eigenvalue weighted by Crippen LogP contribution is -2.24. The molecule has 1 atom stereocenters. The smallest absolute Gasteiger partial charge is 0.123 e. The summed E-state index contributed by atoms with van der Waals surface area (Å²) in [4.78, 5) is 0. The van der Waals surface area contributed by atoms with Crippen molar-refractivity contribution in [3.8, 4) is 0 Å². The van der Waals surface area contributed by atoms with Crippen LogP contribution in [0, 0.1) is 5.82 Å². The summed E-state index contributed by atoms with van der Waals surface area (Å²) in [5.41, 5.74) is 0.884. The molecule has 0 saturated carbocycles. The molecule has 0 bridgehead atoms. The third-order valence-electron chi connectivity index (χ3n) is 3.82. The summed E-state index contributed by atoms with van der Waals surface area (Å²) in [6, 6.07) is 6.17. The van der Waals surface area contributed by atoms with Gasteiger partial charge < -0.3 is 5.11 Å². The van der Waals surface area contributed by atoms with Crippen molar-refractivity contribution in [2.24, 2.45) is 0 Å². The van der Waals surface area contributed by atoms with Crippen LogP contribution in [0.2, 0.25) is 0 Å². The molecule has 1 nitrogen and oxygen atoms in total. The maximum Gasteiger partial charge on any atom is 0.123 e. The molecule has 2 rings (SSSR count). The molecule has 2 heteroatoms. The lowest BCUT2D eigenvalue weighted by molar-refractivity contribution is 0.0922. The van der Waals surface area contributed by atoms with E-state index in [1.165, 1.54) is 31.4 Å². The molecule has 18 heavy (non-hydrogen) atoms. The molecule has 1 aliphatic rings. The van der Waals surface area contributed by atoms with Gasteiger partial charge in [0.25, 0.3) is 0 Å². The topological polar surface area (TPSA) is 20.2 Å². The normalized spacial score (nSPS) is 23.4. The van der Waals surface area contributed by atoms with Gasteiger partial charge in [-0.2, -0.15) is 0 Å². The quantitative estimate of drug-likeness (QED) is 0.773. The fourth-order valence-electron chi connectivity index (χ4n) is 2.59. The van der Waals surface area contributed by atoms with E-state index in [9.17, 15) is 9.50 Å². The number of aliphatic hydroxyl groups is 1. The first-order valence-corrected chi connectivity index (χ1v) is 6.78. The maximum absolute atomic E-state index is 12.9. The Morgan fingerprint density at radius 1 is 1.06 bits per heavy atom. The van der Waals surface area contributed by atoms with E-state index >= 15 is 0 Å². The van der Waals surface area contributed by atoms with E-state index in [0.717, 1.165) is 30.4 Å². The molecular formula is C16H21FO. The van der Waals surface area contributed by atoms with Crippen molar-refractivity contribution in [1.82, 2.24) is 0 Å². The summed E-state index contributed by atoms with van der Waals surface area (Å²) in [6.07, 6.45) is 8.98. The number of hydrogen-bond acceptors (Lipinski definition) is 1. The minimum Gasteiger partial charge on any atom is -0.381 e. The van der Waals surface area contributed by atoms with Gasteiger partial charge in [0.15, 0.2) is 0 Å². The van der Waals surface area contributed by atoms with Gasteiger partial charge in [-0.05, 0) is 55.9 Å². The molecule has 0 spiro atoms. The fourth-order valence-corrected chi connectivity index (χ4v) is 2.59. The maximum atomic E-state index is 12.9. The van der Waals surface area contributed by atoms with Crippen molar-refractivity contribution in [1.29, 1.82) is 0 Å². The van der Waals surface area contributed by atoms with Crippen LogP contribution in [0.1, 0.15) is 51.0 Å². The number of allylic oxidation sites excluding steroid dienone is 1. The Labute approximate surface area is 108 Å². The Hall–Kier alpha value is -1.15. The number of halogens is 1. The van der Waals surface area contributed by atoms with Crippen LogP contribution in [0.3, 0.4) is 0 Å². The lowest BCUT2D eigenvalue weighted by atomic mass is 9.83. The minimum atomic E-state index is -0.967. The Morgan fingerprint density at radius 2 is 1.72 bits per heavy atom. The molecule has 0 aromatic heterocycles. The van der Waals surface area contributed by atoms with Gasteiger partial charge in [0.2, 0.25) is 0 Å². The second-order valence-electron chi connectivity index (χ2n) is 5.26. The van der Waals surface area contributed by atoms with Crippen molar-refractivity contribution in [3.63, 3.8) is 0 Å². The van der Waals surface area contributed by atoms with Crippen molar-refractivity contribution in [3.05, 3.63) is 47.3 Å². The zero-order valence-electron chi connectivity index (χ0n) is 11.0. The van der Waals surface area contributed by atoms with E-state index in [0.29, 0.717) is 0 Å². The SMILES string of the molecule is CC(O)(/C1=C/CCCCCC1)c1ccc(F)cc1. The molecule has 1 unspecified atom stereocenters. The van der Waals surface area contributed by atoms with Gasteiger partial charge in [-0.25, -0.2) is 4.39 Å². The summed E-state index contributed by atoms with van der Waals surface area (Å²) in [5, 5.41) is 10.7. The van der Waals surface area contributed by atoms with Gasteiger partial charge in [0.1, 0.15) is 11.4 Å². The Balaban J connectivity index is 2.25. The molecule has 0 amide bonds. The highest BCUT2D eigenvalue weighted by atomic mass is 19.1. The minimum absolute atomic E-state index is 0.263. The van der Waals surface area contributed by atoms with Gasteiger partial charge in [0, 0.05) is 0 Å². The van der Waals surface area contributed by atoms with E-state index in [2.05, 4.69) is 6.08 Å². The van der Waals surface area contributed by atoms with Gasteiger partial charge >= 0.3 is 0 Å². The highest BCUT2D eigenvalue weighted by molar-refractivity contribution is 5.32. The van der Waals surface area contributed by atoms with E-state index in [4.69, 9.17) is 0 Å². The highest BCUT2D eigenvalue weighted by Gasteiger charge is 2.27. The average molecular weight is 248 g/mol. The van der Waals surface area contributed by atoms with Crippen LogP contribution in [0.25, 0.3) is 0 Å². The van der Waals surface area contributed by atoms with Gasteiger partial charge in [-0.3, -0.25) is 0 Å². The standard InChI is InChI=1S/C16H21FO/c1-16(18,14-9-11-15(17)12-10-14)13-7-5-3-2-4-6-8-13/h7,9-12,18H,2-6,8H2,1H3/b13-7+. The zero-order valence-corrected chi connectivity index (χ0v) is 11.0. The summed E-state index contributed by atoms with van der Waals surface area (Å²) >= 11 is 0. The molecule has 0 radical (unpaired) electrons. The third-order valence-corrected chi connectivity index (χ3v) is 3.82. The van der Waals surface area contributed by atoms with Crippen molar-refractivity contribution in [2.75, 3.05) is 0 Å². The van der Waals surface area contributed by atoms with E-state index in [1.807, 2.05) is 6.92 Å². The van der Waals surface area contributed by atoms with Crippen molar-refractivity contribution < 1.29 is 9.50 Å². The van der Waals surface area contributed by atoms with Crippen LogP contribution in [-0.2, 0) is 5.60 Å². The molecule has 1 aliphatic carbocycles. The van der Waals surface area contributed by atoms with E-state index in [-0.39, 0.29) is 5.82 Å². The number of benzene rings is 1. The Bertz CT molecular complexity index is 417. The molecule has 0 heterocycles. The van der Waals surface area contributed by atoms with Gasteiger partial charge in [0.05, 0.1) is 0 Å². The van der Waals surface area contributed by atoms with Crippen LogP contribution < -0.4 is 0 Å².